The highest BCUT2D eigenvalue weighted by atomic mass is 32.2. The molecule has 0 bridgehead atoms. The molecule has 0 radical (unpaired) electrons. The monoisotopic (exact) mass is 363 g/mol. The molecular weight excluding hydrogens is 338 g/mol. The van der Waals surface area contributed by atoms with Crippen molar-refractivity contribution in [1.29, 1.82) is 0 Å². The van der Waals surface area contributed by atoms with Crippen molar-refractivity contribution in [2.45, 2.75) is 39.5 Å². The summed E-state index contributed by atoms with van der Waals surface area (Å²) in [6, 6.07) is 5.52. The summed E-state index contributed by atoms with van der Waals surface area (Å²) >= 11 is 0.988. The van der Waals surface area contributed by atoms with Gasteiger partial charge in [-0.3, -0.25) is 14.5 Å². The molecule has 1 saturated heterocycles. The molecule has 25 heavy (non-hydrogen) atoms. The second-order valence-corrected chi connectivity index (χ2v) is 6.79. The van der Waals surface area contributed by atoms with Gasteiger partial charge in [0.15, 0.2) is 11.5 Å². The summed E-state index contributed by atoms with van der Waals surface area (Å²) in [7, 11) is 1.59. The fraction of sp³-hybridized carbons (Fsp3) is 0.474. The highest BCUT2D eigenvalue weighted by molar-refractivity contribution is 8.18. The quantitative estimate of drug-likeness (QED) is 0.470. The van der Waals surface area contributed by atoms with Crippen molar-refractivity contribution in [2.24, 2.45) is 0 Å². The van der Waals surface area contributed by atoms with E-state index >= 15 is 0 Å². The van der Waals surface area contributed by atoms with Gasteiger partial charge < -0.3 is 9.47 Å². The van der Waals surface area contributed by atoms with Crippen LogP contribution in [0.4, 0.5) is 4.79 Å². The van der Waals surface area contributed by atoms with E-state index in [0.29, 0.717) is 29.6 Å². The lowest BCUT2D eigenvalue weighted by Gasteiger charge is -2.11. The zero-order valence-corrected chi connectivity index (χ0v) is 15.9. The van der Waals surface area contributed by atoms with Gasteiger partial charge in [0.1, 0.15) is 0 Å². The molecule has 1 fully saturated rings. The summed E-state index contributed by atoms with van der Waals surface area (Å²) in [4.78, 5) is 26.1. The lowest BCUT2D eigenvalue weighted by molar-refractivity contribution is -0.122. The molecule has 6 heteroatoms. The number of imide groups is 1. The Balaban J connectivity index is 2.15. The molecule has 1 aromatic carbocycles. The molecule has 0 aromatic heterocycles. The Morgan fingerprint density at radius 2 is 1.88 bits per heavy atom. The van der Waals surface area contributed by atoms with Gasteiger partial charge in [0.25, 0.3) is 11.1 Å². The minimum absolute atomic E-state index is 0.198. The minimum Gasteiger partial charge on any atom is -0.493 e. The molecule has 1 aliphatic heterocycles. The number of carbonyl (C=O) groups excluding carboxylic acids is 2. The molecule has 0 unspecified atom stereocenters. The summed E-state index contributed by atoms with van der Waals surface area (Å²) < 4.78 is 11.1. The number of unbranched alkanes of at least 4 members (excludes halogenated alkanes) is 2. The number of methoxy groups -OCH3 is 1. The zero-order valence-electron chi connectivity index (χ0n) is 15.0. The maximum Gasteiger partial charge on any atom is 0.293 e. The molecular formula is C19H25NO4S. The van der Waals surface area contributed by atoms with Crippen LogP contribution in [0, 0.1) is 0 Å². The van der Waals surface area contributed by atoms with Crippen LogP contribution in [-0.4, -0.2) is 36.3 Å². The number of carbonyl (C=O) groups is 2. The lowest BCUT2D eigenvalue weighted by atomic mass is 10.2. The third-order valence-corrected chi connectivity index (χ3v) is 4.76. The molecule has 2 rings (SSSR count). The average Bonchev–Trinajstić information content (AvgIpc) is 2.87. The molecule has 0 saturated carbocycles. The molecule has 5 nitrogen and oxygen atoms in total. The van der Waals surface area contributed by atoms with Crippen LogP contribution in [0.25, 0.3) is 6.08 Å². The number of amides is 2. The van der Waals surface area contributed by atoms with Crippen LogP contribution in [0.1, 0.15) is 45.1 Å². The number of thioether (sulfide) groups is 1. The Labute approximate surface area is 153 Å². The molecule has 136 valence electrons. The summed E-state index contributed by atoms with van der Waals surface area (Å²) in [6.07, 6.45) is 5.54. The Kier molecular flexibility index (Phi) is 7.37. The second-order valence-electron chi connectivity index (χ2n) is 5.80. The van der Waals surface area contributed by atoms with Crippen LogP contribution in [0.5, 0.6) is 11.5 Å². The van der Waals surface area contributed by atoms with Crippen molar-refractivity contribution in [3.63, 3.8) is 0 Å². The normalized spacial score (nSPS) is 16.0. The third kappa shape index (κ3) is 5.01. The van der Waals surface area contributed by atoms with Gasteiger partial charge in [0.05, 0.1) is 18.6 Å². The molecule has 1 heterocycles. The van der Waals surface area contributed by atoms with Crippen molar-refractivity contribution in [2.75, 3.05) is 20.3 Å². The fourth-order valence-corrected chi connectivity index (χ4v) is 3.25. The molecule has 0 aliphatic carbocycles. The first-order valence-corrected chi connectivity index (χ1v) is 9.48. The second kappa shape index (κ2) is 9.51. The predicted molar refractivity (Wildman–Crippen MR) is 101 cm³/mol. The maximum atomic E-state index is 12.4. The zero-order chi connectivity index (χ0) is 18.2. The molecule has 2 amide bonds. The van der Waals surface area contributed by atoms with E-state index in [4.69, 9.17) is 9.47 Å². The van der Waals surface area contributed by atoms with Crippen molar-refractivity contribution in [3.05, 3.63) is 28.7 Å². The van der Waals surface area contributed by atoms with E-state index in [-0.39, 0.29) is 11.1 Å². The number of nitrogens with zero attached hydrogens (tertiary/aromatic N) is 1. The van der Waals surface area contributed by atoms with E-state index < -0.39 is 0 Å². The third-order valence-electron chi connectivity index (χ3n) is 3.85. The topological polar surface area (TPSA) is 55.8 Å². The van der Waals surface area contributed by atoms with Gasteiger partial charge in [-0.25, -0.2) is 0 Å². The predicted octanol–water partition coefficient (Wildman–Crippen LogP) is 4.71. The van der Waals surface area contributed by atoms with Crippen LogP contribution in [0.15, 0.2) is 23.1 Å². The molecule has 0 atom stereocenters. The Hall–Kier alpha value is -1.95. The highest BCUT2D eigenvalue weighted by Gasteiger charge is 2.34. The van der Waals surface area contributed by atoms with Crippen LogP contribution in [-0.2, 0) is 4.79 Å². The lowest BCUT2D eigenvalue weighted by Crippen LogP contribution is -2.29. The van der Waals surface area contributed by atoms with Gasteiger partial charge in [0.2, 0.25) is 0 Å². The largest absolute Gasteiger partial charge is 0.493 e. The highest BCUT2D eigenvalue weighted by Crippen LogP contribution is 2.34. The Morgan fingerprint density at radius 1 is 1.12 bits per heavy atom. The van der Waals surface area contributed by atoms with E-state index in [1.165, 1.54) is 4.90 Å². The van der Waals surface area contributed by atoms with Gasteiger partial charge in [0, 0.05) is 6.54 Å². The van der Waals surface area contributed by atoms with Gasteiger partial charge in [-0.1, -0.05) is 32.8 Å². The van der Waals surface area contributed by atoms with Crippen molar-refractivity contribution in [3.8, 4) is 11.5 Å². The average molecular weight is 363 g/mol. The molecule has 1 aliphatic rings. The Bertz CT molecular complexity index is 657. The van der Waals surface area contributed by atoms with Crippen molar-refractivity contribution < 1.29 is 19.1 Å². The van der Waals surface area contributed by atoms with Gasteiger partial charge in [-0.05, 0) is 48.4 Å². The molecule has 1 aromatic rings. The first-order valence-electron chi connectivity index (χ1n) is 8.66. The number of hydrogen-bond donors (Lipinski definition) is 0. The van der Waals surface area contributed by atoms with E-state index in [1.807, 2.05) is 25.1 Å². The summed E-state index contributed by atoms with van der Waals surface area (Å²) in [5, 5.41) is -0.198. The van der Waals surface area contributed by atoms with Crippen LogP contribution >= 0.6 is 11.8 Å². The first-order chi connectivity index (χ1) is 12.1. The van der Waals surface area contributed by atoms with Crippen LogP contribution < -0.4 is 9.47 Å². The number of benzene rings is 1. The number of rotatable bonds is 9. The summed E-state index contributed by atoms with van der Waals surface area (Å²) in [5.74, 6) is 1.09. The fourth-order valence-electron chi connectivity index (χ4n) is 2.38. The van der Waals surface area contributed by atoms with Crippen molar-refractivity contribution >= 4 is 29.0 Å². The Morgan fingerprint density at radius 3 is 2.56 bits per heavy atom. The minimum atomic E-state index is -0.217. The first kappa shape index (κ1) is 19.4. The summed E-state index contributed by atoms with van der Waals surface area (Å²) in [6.45, 7) is 5.26. The molecule has 0 N–H and O–H groups in total. The molecule has 0 spiro atoms. The van der Waals surface area contributed by atoms with E-state index in [2.05, 4.69) is 6.92 Å². The van der Waals surface area contributed by atoms with Gasteiger partial charge in [-0.15, -0.1) is 0 Å². The van der Waals surface area contributed by atoms with E-state index in [1.54, 1.807) is 13.2 Å². The van der Waals surface area contributed by atoms with Crippen LogP contribution in [0.3, 0.4) is 0 Å². The van der Waals surface area contributed by atoms with Crippen molar-refractivity contribution in [1.82, 2.24) is 4.90 Å². The van der Waals surface area contributed by atoms with Gasteiger partial charge >= 0.3 is 0 Å². The number of hydrogen-bond acceptors (Lipinski definition) is 5. The maximum absolute atomic E-state index is 12.4. The summed E-state index contributed by atoms with van der Waals surface area (Å²) in [5.41, 5.74) is 0.806. The standard InChI is InChI=1S/C19H25NO4S/c1-4-6-10-20-18(21)17(25-19(20)22)13-14-8-9-15(16(12-14)23-3)24-11-7-5-2/h8-9,12-13H,4-7,10-11H2,1-3H3/b17-13-. The smallest absolute Gasteiger partial charge is 0.293 e. The van der Waals surface area contributed by atoms with E-state index in [0.717, 1.165) is 43.0 Å². The van der Waals surface area contributed by atoms with Crippen LogP contribution in [0.2, 0.25) is 0 Å². The van der Waals surface area contributed by atoms with Gasteiger partial charge in [-0.2, -0.15) is 0 Å². The van der Waals surface area contributed by atoms with E-state index in [9.17, 15) is 9.59 Å². The number of ether oxygens (including phenoxy) is 2. The SMILES string of the molecule is CCCCOc1ccc(/C=C2\SC(=O)N(CCCC)C2=O)cc1OC.